The fourth-order valence-electron chi connectivity index (χ4n) is 4.45. The van der Waals surface area contributed by atoms with E-state index in [2.05, 4.69) is 25.9 Å². The number of aromatic amines is 1. The number of guanidine groups is 1. The molecular weight excluding hydrogens is 558 g/mol. The number of primary amides is 1. The number of carboxylic acid groups (broad SMARTS) is 1. The van der Waals surface area contributed by atoms with Crippen molar-refractivity contribution in [1.82, 2.24) is 20.9 Å². The quantitative estimate of drug-likeness (QED) is 0.0571. The lowest BCUT2D eigenvalue weighted by molar-refractivity contribution is -0.142. The van der Waals surface area contributed by atoms with E-state index in [-0.39, 0.29) is 50.5 Å². The molecule has 4 unspecified atom stereocenters. The number of hydrogen-bond donors (Lipinski definition) is 9. The van der Waals surface area contributed by atoms with Crippen molar-refractivity contribution in [3.63, 3.8) is 0 Å². The Kier molecular flexibility index (Phi) is 13.4. The number of aliphatic carboxylic acids is 1. The van der Waals surface area contributed by atoms with Gasteiger partial charge >= 0.3 is 5.97 Å². The number of rotatable bonds is 18. The number of carbonyl (C=O) groups is 5. The maximum Gasteiger partial charge on any atom is 0.326 e. The molecule has 0 spiro atoms. The molecule has 0 saturated heterocycles. The number of carbonyl (C=O) groups excluding carboxylic acids is 4. The van der Waals surface area contributed by atoms with Crippen LogP contribution in [0, 0.1) is 5.92 Å². The van der Waals surface area contributed by atoms with Crippen LogP contribution in [0.5, 0.6) is 0 Å². The smallest absolute Gasteiger partial charge is 0.326 e. The summed E-state index contributed by atoms with van der Waals surface area (Å²) < 4.78 is 0. The van der Waals surface area contributed by atoms with Gasteiger partial charge in [0.05, 0.1) is 6.04 Å². The zero-order chi connectivity index (χ0) is 32.1. The fourth-order valence-corrected chi connectivity index (χ4v) is 4.45. The van der Waals surface area contributed by atoms with Crippen LogP contribution >= 0.6 is 0 Å². The molecule has 15 nitrogen and oxygen atoms in total. The van der Waals surface area contributed by atoms with E-state index in [0.29, 0.717) is 12.0 Å². The second-order valence-electron chi connectivity index (χ2n) is 10.8. The summed E-state index contributed by atoms with van der Waals surface area (Å²) in [6.45, 7) is 3.98. The predicted octanol–water partition coefficient (Wildman–Crippen LogP) is -1.06. The van der Waals surface area contributed by atoms with Crippen LogP contribution in [0.1, 0.15) is 51.5 Å². The molecule has 1 heterocycles. The number of aliphatic imine (C=N–C) groups is 1. The number of benzene rings is 1. The molecule has 4 amide bonds. The van der Waals surface area contributed by atoms with Crippen molar-refractivity contribution >= 4 is 46.5 Å². The molecule has 15 heteroatoms. The third kappa shape index (κ3) is 11.6. The summed E-state index contributed by atoms with van der Waals surface area (Å²) in [4.78, 5) is 69.9. The Balaban J connectivity index is 2.15. The predicted molar refractivity (Wildman–Crippen MR) is 161 cm³/mol. The number of nitrogens with one attached hydrogen (secondary N) is 4. The molecule has 0 aliphatic heterocycles. The van der Waals surface area contributed by atoms with Crippen molar-refractivity contribution in [1.29, 1.82) is 0 Å². The number of carboxylic acids is 1. The van der Waals surface area contributed by atoms with Gasteiger partial charge in [-0.2, -0.15) is 0 Å². The third-order valence-corrected chi connectivity index (χ3v) is 6.67. The fraction of sp³-hybridized carbons (Fsp3) is 0.500. The molecule has 0 fully saturated rings. The topological polar surface area (TPSA) is 274 Å². The Morgan fingerprint density at radius 2 is 1.53 bits per heavy atom. The summed E-state index contributed by atoms with van der Waals surface area (Å²) in [7, 11) is 0. The van der Waals surface area contributed by atoms with Crippen molar-refractivity contribution in [3.8, 4) is 0 Å². The normalized spacial score (nSPS) is 13.9. The minimum absolute atomic E-state index is 0.0281. The Labute approximate surface area is 249 Å². The first-order valence-corrected chi connectivity index (χ1v) is 14.1. The molecule has 13 N–H and O–H groups in total. The first-order chi connectivity index (χ1) is 20.3. The molecule has 0 aliphatic rings. The van der Waals surface area contributed by atoms with Crippen molar-refractivity contribution in [2.75, 3.05) is 6.54 Å². The highest BCUT2D eigenvalue weighted by molar-refractivity contribution is 5.94. The number of para-hydroxylation sites is 1. The molecule has 1 aromatic heterocycles. The van der Waals surface area contributed by atoms with E-state index in [0.717, 1.165) is 10.9 Å². The van der Waals surface area contributed by atoms with E-state index in [1.54, 1.807) is 6.20 Å². The van der Waals surface area contributed by atoms with Crippen LogP contribution in [0.4, 0.5) is 0 Å². The molecule has 0 bridgehead atoms. The van der Waals surface area contributed by atoms with Crippen molar-refractivity contribution in [2.24, 2.45) is 33.8 Å². The van der Waals surface area contributed by atoms with Gasteiger partial charge in [0.15, 0.2) is 5.96 Å². The number of aromatic nitrogens is 1. The van der Waals surface area contributed by atoms with Gasteiger partial charge in [0.25, 0.3) is 0 Å². The van der Waals surface area contributed by atoms with Crippen LogP contribution in [-0.2, 0) is 30.4 Å². The minimum Gasteiger partial charge on any atom is -0.480 e. The van der Waals surface area contributed by atoms with E-state index in [4.69, 9.17) is 22.9 Å². The monoisotopic (exact) mass is 601 g/mol. The molecule has 0 radical (unpaired) electrons. The molecule has 43 heavy (non-hydrogen) atoms. The van der Waals surface area contributed by atoms with Gasteiger partial charge in [0.1, 0.15) is 18.1 Å². The SMILES string of the molecule is CC(C)CC(NC(=O)C(N)CCCN=C(N)N)C(=O)NC(CCC(N)=O)C(=O)NC(Cc1c[nH]c2ccccc12)C(=O)O. The summed E-state index contributed by atoms with van der Waals surface area (Å²) in [6, 6.07) is 2.70. The molecule has 0 saturated carbocycles. The summed E-state index contributed by atoms with van der Waals surface area (Å²) in [6.07, 6.45) is 2.13. The van der Waals surface area contributed by atoms with Crippen LogP contribution in [0.15, 0.2) is 35.5 Å². The Hall–Kier alpha value is -4.66. The minimum atomic E-state index is -1.33. The first-order valence-electron chi connectivity index (χ1n) is 14.1. The zero-order valence-corrected chi connectivity index (χ0v) is 24.5. The van der Waals surface area contributed by atoms with Gasteiger partial charge in [-0.05, 0) is 43.2 Å². The van der Waals surface area contributed by atoms with Gasteiger partial charge in [0, 0.05) is 36.5 Å². The molecule has 0 aliphatic carbocycles. The zero-order valence-electron chi connectivity index (χ0n) is 24.5. The average molecular weight is 602 g/mol. The van der Waals surface area contributed by atoms with Gasteiger partial charge in [-0.3, -0.25) is 24.2 Å². The Morgan fingerprint density at radius 1 is 0.907 bits per heavy atom. The summed E-state index contributed by atoms with van der Waals surface area (Å²) in [5.74, 6) is -4.17. The summed E-state index contributed by atoms with van der Waals surface area (Å²) in [5.41, 5.74) is 23.3. The van der Waals surface area contributed by atoms with E-state index < -0.39 is 53.8 Å². The number of amides is 4. The second-order valence-corrected chi connectivity index (χ2v) is 10.8. The lowest BCUT2D eigenvalue weighted by atomic mass is 10.0. The van der Waals surface area contributed by atoms with E-state index in [9.17, 15) is 29.1 Å². The second kappa shape index (κ2) is 16.7. The van der Waals surface area contributed by atoms with Crippen LogP contribution < -0.4 is 38.9 Å². The first kappa shape index (κ1) is 34.5. The molecule has 236 valence electrons. The van der Waals surface area contributed by atoms with E-state index in [1.165, 1.54) is 0 Å². The average Bonchev–Trinajstić information content (AvgIpc) is 3.34. The Bertz CT molecular complexity index is 1300. The van der Waals surface area contributed by atoms with E-state index in [1.807, 2.05) is 38.1 Å². The van der Waals surface area contributed by atoms with Gasteiger partial charge in [-0.1, -0.05) is 32.0 Å². The largest absolute Gasteiger partial charge is 0.480 e. The highest BCUT2D eigenvalue weighted by atomic mass is 16.4. The summed E-state index contributed by atoms with van der Waals surface area (Å²) in [5, 5.41) is 18.3. The van der Waals surface area contributed by atoms with Crippen molar-refractivity contribution in [2.45, 2.75) is 76.5 Å². The van der Waals surface area contributed by atoms with E-state index >= 15 is 0 Å². The number of nitrogens with two attached hydrogens (primary N) is 4. The molecule has 4 atom stereocenters. The molecule has 2 rings (SSSR count). The number of fused-ring (bicyclic) bond motifs is 1. The third-order valence-electron chi connectivity index (χ3n) is 6.67. The maximum atomic E-state index is 13.3. The van der Waals surface area contributed by atoms with Crippen LogP contribution in [-0.4, -0.2) is 76.4 Å². The highest BCUT2D eigenvalue weighted by Gasteiger charge is 2.31. The summed E-state index contributed by atoms with van der Waals surface area (Å²) >= 11 is 0. The number of nitrogens with zero attached hydrogens (tertiary/aromatic N) is 1. The van der Waals surface area contributed by atoms with Crippen molar-refractivity contribution in [3.05, 3.63) is 36.0 Å². The van der Waals surface area contributed by atoms with Gasteiger partial charge < -0.3 is 49.0 Å². The van der Waals surface area contributed by atoms with Gasteiger partial charge in [-0.25, -0.2) is 4.79 Å². The molecule has 1 aromatic carbocycles. The molecule has 2 aromatic rings. The van der Waals surface area contributed by atoms with Gasteiger partial charge in [0.2, 0.25) is 23.6 Å². The standard InChI is InChI=1S/C28H43N9O6/c1-15(2)12-21(36-24(39)18(29)7-5-11-33-28(31)32)26(41)35-20(9-10-23(30)38)25(40)37-22(27(42)43)13-16-14-34-19-8-4-3-6-17(16)19/h3-4,6,8,14-15,18,20-22,34H,5,7,9-13,29H2,1-2H3,(H2,30,38)(H,35,41)(H,36,39)(H,37,40)(H,42,43)(H4,31,32,33). The van der Waals surface area contributed by atoms with Crippen LogP contribution in [0.2, 0.25) is 0 Å². The highest BCUT2D eigenvalue weighted by Crippen LogP contribution is 2.19. The number of H-pyrrole nitrogens is 1. The maximum absolute atomic E-state index is 13.3. The number of hydrogen-bond acceptors (Lipinski definition) is 7. The van der Waals surface area contributed by atoms with Crippen molar-refractivity contribution < 1.29 is 29.1 Å². The lowest BCUT2D eigenvalue weighted by Gasteiger charge is -2.26. The van der Waals surface area contributed by atoms with Crippen LogP contribution in [0.25, 0.3) is 10.9 Å². The molecular formula is C28H43N9O6. The van der Waals surface area contributed by atoms with Crippen LogP contribution in [0.3, 0.4) is 0 Å². The lowest BCUT2D eigenvalue weighted by Crippen LogP contribution is -2.57. The Morgan fingerprint density at radius 3 is 2.16 bits per heavy atom. The van der Waals surface area contributed by atoms with Gasteiger partial charge in [-0.15, -0.1) is 0 Å².